The first-order valence-electron chi connectivity index (χ1n) is 6.05. The summed E-state index contributed by atoms with van der Waals surface area (Å²) in [5.74, 6) is -0.219. The minimum Gasteiger partial charge on any atom is -0.375 e. The fourth-order valence-electron chi connectivity index (χ4n) is 1.77. The molecule has 100 valence electrons. The number of nitrogens with one attached hydrogen (secondary N) is 1. The molecule has 1 amide bonds. The second-order valence-corrected chi connectivity index (χ2v) is 5.10. The molecule has 1 atom stereocenters. The molecule has 5 nitrogen and oxygen atoms in total. The molecule has 0 fully saturated rings. The quantitative estimate of drug-likeness (QED) is 0.898. The van der Waals surface area contributed by atoms with E-state index in [2.05, 4.69) is 15.3 Å². The van der Waals surface area contributed by atoms with Gasteiger partial charge < -0.3 is 11.1 Å². The van der Waals surface area contributed by atoms with Crippen LogP contribution in [-0.2, 0) is 0 Å². The number of nitrogen functional groups attached to an aromatic ring is 1. The van der Waals surface area contributed by atoms with Gasteiger partial charge in [0.2, 0.25) is 0 Å². The number of nitrogens with zero attached hydrogens (tertiary/aromatic N) is 2. The molecule has 0 aliphatic carbocycles. The van der Waals surface area contributed by atoms with Crippen molar-refractivity contribution in [2.24, 2.45) is 0 Å². The lowest BCUT2D eigenvalue weighted by Gasteiger charge is -2.16. The molecule has 6 heteroatoms. The van der Waals surface area contributed by atoms with E-state index in [0.29, 0.717) is 10.8 Å². The Kier molecular flexibility index (Phi) is 4.11. The van der Waals surface area contributed by atoms with Crippen LogP contribution in [0.1, 0.15) is 41.3 Å². The molecule has 0 aromatic carbocycles. The summed E-state index contributed by atoms with van der Waals surface area (Å²) in [4.78, 5) is 20.4. The average Bonchev–Trinajstić information content (AvgIpc) is 2.82. The Morgan fingerprint density at radius 2 is 2.26 bits per heavy atom. The molecule has 2 aromatic heterocycles. The molecule has 0 aliphatic heterocycles. The maximum absolute atomic E-state index is 12.0. The van der Waals surface area contributed by atoms with Gasteiger partial charge in [-0.2, -0.15) is 0 Å². The molecule has 0 unspecified atom stereocenters. The Hall–Kier alpha value is -1.95. The van der Waals surface area contributed by atoms with Crippen LogP contribution >= 0.6 is 11.3 Å². The summed E-state index contributed by atoms with van der Waals surface area (Å²) in [5, 5.41) is 4.98. The molecule has 2 rings (SSSR count). The van der Waals surface area contributed by atoms with E-state index in [1.807, 2.05) is 32.0 Å². The van der Waals surface area contributed by atoms with Gasteiger partial charge in [-0.05, 0) is 25.5 Å². The lowest BCUT2D eigenvalue weighted by molar-refractivity contribution is 0.0930. The number of carbonyl (C=O) groups is 1. The molecule has 0 spiro atoms. The molecule has 0 aliphatic rings. The number of pyridine rings is 1. The highest BCUT2D eigenvalue weighted by Gasteiger charge is 2.17. The van der Waals surface area contributed by atoms with Gasteiger partial charge in [-0.3, -0.25) is 9.78 Å². The Balaban J connectivity index is 2.13. The second kappa shape index (κ2) is 5.79. The predicted octanol–water partition coefficient (Wildman–Crippen LogP) is 2.31. The first-order chi connectivity index (χ1) is 9.10. The maximum Gasteiger partial charge on any atom is 0.271 e. The number of anilines is 1. The summed E-state index contributed by atoms with van der Waals surface area (Å²) in [6.07, 6.45) is 0.766. The molecule has 0 radical (unpaired) electrons. The molecular formula is C13H16N4OS. The van der Waals surface area contributed by atoms with Gasteiger partial charge in [0.15, 0.2) is 5.13 Å². The van der Waals surface area contributed by atoms with Crippen molar-refractivity contribution in [2.75, 3.05) is 5.73 Å². The number of amides is 1. The Morgan fingerprint density at radius 1 is 1.47 bits per heavy atom. The van der Waals surface area contributed by atoms with Crippen molar-refractivity contribution < 1.29 is 4.79 Å². The molecule has 2 heterocycles. The van der Waals surface area contributed by atoms with Crippen LogP contribution in [-0.4, -0.2) is 15.9 Å². The number of nitrogens with two attached hydrogens (primary N) is 1. The third kappa shape index (κ3) is 3.29. The molecule has 3 N–H and O–H groups in total. The van der Waals surface area contributed by atoms with E-state index in [1.54, 1.807) is 5.38 Å². The van der Waals surface area contributed by atoms with Gasteiger partial charge in [-0.25, -0.2) is 4.98 Å². The summed E-state index contributed by atoms with van der Waals surface area (Å²) in [7, 11) is 0. The Bertz CT molecular complexity index is 582. The SMILES string of the molecule is CC[C@@H](NC(=O)c1csc(N)n1)c1cccc(C)n1. The Morgan fingerprint density at radius 3 is 2.84 bits per heavy atom. The standard InChI is InChI=1S/C13H16N4OS/c1-3-9(10-6-4-5-8(2)15-10)16-12(18)11-7-19-13(14)17-11/h4-7,9H,3H2,1-2H3,(H2,14,17)(H,16,18)/t9-/m1/s1. The molecular weight excluding hydrogens is 260 g/mol. The van der Waals surface area contributed by atoms with Crippen LogP contribution in [0.5, 0.6) is 0 Å². The lowest BCUT2D eigenvalue weighted by atomic mass is 10.1. The van der Waals surface area contributed by atoms with Crippen molar-refractivity contribution in [1.82, 2.24) is 15.3 Å². The third-order valence-corrected chi connectivity index (χ3v) is 3.41. The van der Waals surface area contributed by atoms with Crippen LogP contribution in [0, 0.1) is 6.92 Å². The van der Waals surface area contributed by atoms with Crippen LogP contribution in [0.3, 0.4) is 0 Å². The van der Waals surface area contributed by atoms with Gasteiger partial charge in [0, 0.05) is 11.1 Å². The minimum absolute atomic E-state index is 0.115. The van der Waals surface area contributed by atoms with Crippen LogP contribution in [0.25, 0.3) is 0 Å². The summed E-state index contributed by atoms with van der Waals surface area (Å²) < 4.78 is 0. The lowest BCUT2D eigenvalue weighted by Crippen LogP contribution is -2.29. The molecule has 2 aromatic rings. The Labute approximate surface area is 115 Å². The fraction of sp³-hybridized carbons (Fsp3) is 0.308. The first kappa shape index (κ1) is 13.5. The number of thiazole rings is 1. The van der Waals surface area contributed by atoms with Crippen LogP contribution in [0.15, 0.2) is 23.6 Å². The van der Waals surface area contributed by atoms with Crippen molar-refractivity contribution in [3.05, 3.63) is 40.7 Å². The normalized spacial score (nSPS) is 12.1. The van der Waals surface area contributed by atoms with Crippen molar-refractivity contribution in [3.8, 4) is 0 Å². The van der Waals surface area contributed by atoms with E-state index in [1.165, 1.54) is 11.3 Å². The number of rotatable bonds is 4. The minimum atomic E-state index is -0.219. The molecule has 0 saturated carbocycles. The van der Waals surface area contributed by atoms with Gasteiger partial charge in [0.05, 0.1) is 11.7 Å². The fourth-order valence-corrected chi connectivity index (χ4v) is 2.31. The van der Waals surface area contributed by atoms with E-state index in [0.717, 1.165) is 17.8 Å². The van der Waals surface area contributed by atoms with Crippen molar-refractivity contribution in [1.29, 1.82) is 0 Å². The summed E-state index contributed by atoms with van der Waals surface area (Å²) in [5.41, 5.74) is 7.67. The van der Waals surface area contributed by atoms with Gasteiger partial charge in [0.25, 0.3) is 5.91 Å². The number of carbonyl (C=O) groups excluding carboxylic acids is 1. The van der Waals surface area contributed by atoms with Crippen LogP contribution < -0.4 is 11.1 Å². The van der Waals surface area contributed by atoms with Gasteiger partial charge in [-0.15, -0.1) is 11.3 Å². The van der Waals surface area contributed by atoms with E-state index < -0.39 is 0 Å². The van der Waals surface area contributed by atoms with Crippen LogP contribution in [0.2, 0.25) is 0 Å². The van der Waals surface area contributed by atoms with E-state index in [9.17, 15) is 4.79 Å². The van der Waals surface area contributed by atoms with Crippen molar-refractivity contribution in [3.63, 3.8) is 0 Å². The number of aromatic nitrogens is 2. The summed E-state index contributed by atoms with van der Waals surface area (Å²) in [6, 6.07) is 5.67. The number of aryl methyl sites for hydroxylation is 1. The monoisotopic (exact) mass is 276 g/mol. The zero-order valence-electron chi connectivity index (χ0n) is 10.9. The topological polar surface area (TPSA) is 80.9 Å². The third-order valence-electron chi connectivity index (χ3n) is 2.74. The highest BCUT2D eigenvalue weighted by molar-refractivity contribution is 7.13. The van der Waals surface area contributed by atoms with Gasteiger partial charge >= 0.3 is 0 Å². The zero-order valence-corrected chi connectivity index (χ0v) is 11.7. The average molecular weight is 276 g/mol. The van der Waals surface area contributed by atoms with E-state index in [-0.39, 0.29) is 11.9 Å². The highest BCUT2D eigenvalue weighted by atomic mass is 32.1. The van der Waals surface area contributed by atoms with E-state index in [4.69, 9.17) is 5.73 Å². The zero-order chi connectivity index (χ0) is 13.8. The van der Waals surface area contributed by atoms with Gasteiger partial charge in [0.1, 0.15) is 5.69 Å². The molecule has 0 saturated heterocycles. The summed E-state index contributed by atoms with van der Waals surface area (Å²) >= 11 is 1.26. The van der Waals surface area contributed by atoms with Crippen molar-refractivity contribution in [2.45, 2.75) is 26.3 Å². The second-order valence-electron chi connectivity index (χ2n) is 4.21. The predicted molar refractivity (Wildman–Crippen MR) is 76.0 cm³/mol. The van der Waals surface area contributed by atoms with Gasteiger partial charge in [-0.1, -0.05) is 13.0 Å². The van der Waals surface area contributed by atoms with Crippen molar-refractivity contribution >= 4 is 22.4 Å². The maximum atomic E-state index is 12.0. The smallest absolute Gasteiger partial charge is 0.271 e. The van der Waals surface area contributed by atoms with Crippen LogP contribution in [0.4, 0.5) is 5.13 Å². The molecule has 19 heavy (non-hydrogen) atoms. The summed E-state index contributed by atoms with van der Waals surface area (Å²) in [6.45, 7) is 3.93. The number of hydrogen-bond donors (Lipinski definition) is 2. The highest BCUT2D eigenvalue weighted by Crippen LogP contribution is 2.17. The number of hydrogen-bond acceptors (Lipinski definition) is 5. The largest absolute Gasteiger partial charge is 0.375 e. The molecule has 0 bridgehead atoms. The van der Waals surface area contributed by atoms with E-state index >= 15 is 0 Å². The first-order valence-corrected chi connectivity index (χ1v) is 6.93.